The van der Waals surface area contributed by atoms with E-state index in [0.29, 0.717) is 17.2 Å². The van der Waals surface area contributed by atoms with Gasteiger partial charge in [-0.1, -0.05) is 13.8 Å². The zero-order valence-corrected chi connectivity index (χ0v) is 13.2. The predicted octanol–water partition coefficient (Wildman–Crippen LogP) is 4.93. The van der Waals surface area contributed by atoms with Crippen LogP contribution in [0, 0.1) is 5.41 Å². The first-order chi connectivity index (χ1) is 8.50. The van der Waals surface area contributed by atoms with Gasteiger partial charge in [0, 0.05) is 16.2 Å². The van der Waals surface area contributed by atoms with Crippen LogP contribution < -0.4 is 4.74 Å². The van der Waals surface area contributed by atoms with E-state index < -0.39 is 0 Å². The second-order valence-corrected chi connectivity index (χ2v) is 6.92. The maximum atomic E-state index is 6.01. The van der Waals surface area contributed by atoms with Gasteiger partial charge in [0.25, 0.3) is 0 Å². The SMILES string of the molecule is CC1(C)CCC(Oc2ncc(Br)cc2CCl)CC1. The van der Waals surface area contributed by atoms with Crippen LogP contribution in [0.5, 0.6) is 5.88 Å². The lowest BCUT2D eigenvalue weighted by molar-refractivity contribution is 0.0942. The standard InChI is InChI=1S/C14H19BrClNO/c1-14(2)5-3-12(4-6-14)18-13-10(8-16)7-11(15)9-17-13/h7,9,12H,3-6,8H2,1-2H3. The van der Waals surface area contributed by atoms with Gasteiger partial charge in [-0.05, 0) is 53.1 Å². The summed E-state index contributed by atoms with van der Waals surface area (Å²) in [5, 5.41) is 0. The molecule has 0 N–H and O–H groups in total. The number of ether oxygens (including phenoxy) is 1. The van der Waals surface area contributed by atoms with E-state index in [0.717, 1.165) is 22.9 Å². The van der Waals surface area contributed by atoms with Crippen LogP contribution in [-0.2, 0) is 5.88 Å². The molecule has 1 aromatic rings. The van der Waals surface area contributed by atoms with Gasteiger partial charge in [-0.2, -0.15) is 0 Å². The summed E-state index contributed by atoms with van der Waals surface area (Å²) < 4.78 is 6.95. The average molecular weight is 333 g/mol. The third kappa shape index (κ3) is 3.61. The molecule has 100 valence electrons. The number of pyridine rings is 1. The topological polar surface area (TPSA) is 22.1 Å². The van der Waals surface area contributed by atoms with Gasteiger partial charge < -0.3 is 4.74 Å². The van der Waals surface area contributed by atoms with Crippen molar-refractivity contribution in [1.29, 1.82) is 0 Å². The molecule has 1 heterocycles. The number of nitrogens with zero attached hydrogens (tertiary/aromatic N) is 1. The molecule has 0 saturated heterocycles. The summed E-state index contributed by atoms with van der Waals surface area (Å²) in [6.07, 6.45) is 6.68. The number of aromatic nitrogens is 1. The van der Waals surface area contributed by atoms with Crippen molar-refractivity contribution in [2.75, 3.05) is 0 Å². The summed E-state index contributed by atoms with van der Waals surface area (Å²) in [7, 11) is 0. The van der Waals surface area contributed by atoms with Crippen LogP contribution in [0.1, 0.15) is 45.1 Å². The Bertz CT molecular complexity index is 412. The normalized spacial score (nSPS) is 19.8. The number of rotatable bonds is 3. The average Bonchev–Trinajstić information content (AvgIpc) is 2.34. The van der Waals surface area contributed by atoms with Crippen molar-refractivity contribution in [3.05, 3.63) is 22.3 Å². The first kappa shape index (κ1) is 14.1. The van der Waals surface area contributed by atoms with Gasteiger partial charge in [0.05, 0.1) is 5.88 Å². The highest BCUT2D eigenvalue weighted by Crippen LogP contribution is 2.37. The second-order valence-electron chi connectivity index (χ2n) is 5.73. The quantitative estimate of drug-likeness (QED) is 0.732. The summed E-state index contributed by atoms with van der Waals surface area (Å²) in [5.41, 5.74) is 1.42. The van der Waals surface area contributed by atoms with Gasteiger partial charge in [0.15, 0.2) is 0 Å². The third-order valence-corrected chi connectivity index (χ3v) is 4.32. The van der Waals surface area contributed by atoms with Crippen LogP contribution in [0.4, 0.5) is 0 Å². The molecule has 1 saturated carbocycles. The molecule has 1 aromatic heterocycles. The fourth-order valence-electron chi connectivity index (χ4n) is 2.32. The third-order valence-electron chi connectivity index (χ3n) is 3.60. The Hall–Kier alpha value is -0.280. The molecule has 2 rings (SSSR count). The van der Waals surface area contributed by atoms with Crippen LogP contribution in [0.15, 0.2) is 16.7 Å². The van der Waals surface area contributed by atoms with E-state index in [9.17, 15) is 0 Å². The Morgan fingerprint density at radius 2 is 2.11 bits per heavy atom. The largest absolute Gasteiger partial charge is 0.474 e. The summed E-state index contributed by atoms with van der Waals surface area (Å²) in [6.45, 7) is 4.65. The lowest BCUT2D eigenvalue weighted by atomic mass is 9.76. The highest BCUT2D eigenvalue weighted by molar-refractivity contribution is 9.10. The lowest BCUT2D eigenvalue weighted by Crippen LogP contribution is -2.28. The summed E-state index contributed by atoms with van der Waals surface area (Å²) in [4.78, 5) is 4.33. The Balaban J connectivity index is 2.02. The predicted molar refractivity (Wildman–Crippen MR) is 78.2 cm³/mol. The Morgan fingerprint density at radius 3 is 2.72 bits per heavy atom. The fourth-order valence-corrected chi connectivity index (χ4v) is 2.89. The zero-order valence-electron chi connectivity index (χ0n) is 10.9. The van der Waals surface area contributed by atoms with Crippen LogP contribution in [-0.4, -0.2) is 11.1 Å². The van der Waals surface area contributed by atoms with E-state index in [2.05, 4.69) is 34.8 Å². The van der Waals surface area contributed by atoms with Gasteiger partial charge in [-0.25, -0.2) is 4.98 Å². The van der Waals surface area contributed by atoms with Gasteiger partial charge in [-0.15, -0.1) is 11.6 Å². The molecular weight excluding hydrogens is 314 g/mol. The molecule has 1 fully saturated rings. The van der Waals surface area contributed by atoms with Gasteiger partial charge in [-0.3, -0.25) is 0 Å². The van der Waals surface area contributed by atoms with Crippen LogP contribution in [0.2, 0.25) is 0 Å². The zero-order chi connectivity index (χ0) is 13.2. The van der Waals surface area contributed by atoms with E-state index in [1.54, 1.807) is 6.20 Å². The first-order valence-corrected chi connectivity index (χ1v) is 7.70. The fraction of sp³-hybridized carbons (Fsp3) is 0.643. The Kier molecular flexibility index (Phi) is 4.54. The maximum absolute atomic E-state index is 6.01. The van der Waals surface area contributed by atoms with Crippen LogP contribution >= 0.6 is 27.5 Å². The highest BCUT2D eigenvalue weighted by atomic mass is 79.9. The first-order valence-electron chi connectivity index (χ1n) is 6.37. The monoisotopic (exact) mass is 331 g/mol. The molecule has 1 aliphatic rings. The molecule has 0 unspecified atom stereocenters. The van der Waals surface area contributed by atoms with E-state index in [1.165, 1.54) is 12.8 Å². The smallest absolute Gasteiger partial charge is 0.218 e. The van der Waals surface area contributed by atoms with Crippen molar-refractivity contribution in [2.24, 2.45) is 5.41 Å². The van der Waals surface area contributed by atoms with E-state index in [4.69, 9.17) is 16.3 Å². The Morgan fingerprint density at radius 1 is 1.44 bits per heavy atom. The number of hydrogen-bond acceptors (Lipinski definition) is 2. The van der Waals surface area contributed by atoms with E-state index >= 15 is 0 Å². The van der Waals surface area contributed by atoms with Crippen molar-refractivity contribution in [3.8, 4) is 5.88 Å². The molecule has 0 radical (unpaired) electrons. The summed E-state index contributed by atoms with van der Waals surface area (Å²) in [6, 6.07) is 1.97. The molecule has 0 spiro atoms. The molecule has 0 aliphatic heterocycles. The van der Waals surface area contributed by atoms with Crippen molar-refractivity contribution in [2.45, 2.75) is 51.5 Å². The van der Waals surface area contributed by atoms with Gasteiger partial charge >= 0.3 is 0 Å². The van der Waals surface area contributed by atoms with Crippen molar-refractivity contribution < 1.29 is 4.74 Å². The minimum atomic E-state index is 0.286. The minimum Gasteiger partial charge on any atom is -0.474 e. The number of alkyl halides is 1. The molecule has 4 heteroatoms. The molecule has 0 atom stereocenters. The van der Waals surface area contributed by atoms with Crippen LogP contribution in [0.25, 0.3) is 0 Å². The molecule has 0 aromatic carbocycles. The van der Waals surface area contributed by atoms with Crippen LogP contribution in [0.3, 0.4) is 0 Å². The molecule has 1 aliphatic carbocycles. The summed E-state index contributed by atoms with van der Waals surface area (Å²) in [5.74, 6) is 1.12. The summed E-state index contributed by atoms with van der Waals surface area (Å²) >= 11 is 9.33. The van der Waals surface area contributed by atoms with Crippen molar-refractivity contribution in [1.82, 2.24) is 4.98 Å². The molecule has 2 nitrogen and oxygen atoms in total. The number of hydrogen-bond donors (Lipinski definition) is 0. The maximum Gasteiger partial charge on any atom is 0.218 e. The number of halogens is 2. The van der Waals surface area contributed by atoms with Gasteiger partial charge in [0.2, 0.25) is 5.88 Å². The molecular formula is C14H19BrClNO. The Labute approximate surface area is 122 Å². The van der Waals surface area contributed by atoms with E-state index in [1.807, 2.05) is 6.07 Å². The molecule has 0 bridgehead atoms. The lowest BCUT2D eigenvalue weighted by Gasteiger charge is -2.34. The highest BCUT2D eigenvalue weighted by Gasteiger charge is 2.28. The van der Waals surface area contributed by atoms with Crippen molar-refractivity contribution >= 4 is 27.5 Å². The van der Waals surface area contributed by atoms with Gasteiger partial charge in [0.1, 0.15) is 6.10 Å². The second kappa shape index (κ2) is 5.79. The van der Waals surface area contributed by atoms with Crippen molar-refractivity contribution in [3.63, 3.8) is 0 Å². The minimum absolute atomic E-state index is 0.286. The molecule has 0 amide bonds. The molecule has 18 heavy (non-hydrogen) atoms. The van der Waals surface area contributed by atoms with E-state index in [-0.39, 0.29) is 6.10 Å².